The third kappa shape index (κ3) is 2.32. The highest BCUT2D eigenvalue weighted by Gasteiger charge is 2.14. The lowest BCUT2D eigenvalue weighted by molar-refractivity contribution is 0.507. The van der Waals surface area contributed by atoms with E-state index < -0.39 is 0 Å². The maximum Gasteiger partial charge on any atom is 0.0704 e. The molecule has 17 heavy (non-hydrogen) atoms. The van der Waals surface area contributed by atoms with Crippen LogP contribution in [0.15, 0.2) is 30.5 Å². The van der Waals surface area contributed by atoms with E-state index in [1.807, 2.05) is 6.20 Å². The Labute approximate surface area is 103 Å². The minimum Gasteiger partial charge on any atom is -0.330 e. The van der Waals surface area contributed by atoms with Gasteiger partial charge in [-0.05, 0) is 54.6 Å². The van der Waals surface area contributed by atoms with E-state index in [-0.39, 0.29) is 0 Å². The van der Waals surface area contributed by atoms with Crippen molar-refractivity contribution in [1.29, 1.82) is 0 Å². The van der Waals surface area contributed by atoms with Gasteiger partial charge in [0.05, 0.1) is 5.52 Å². The molecule has 2 heteroatoms. The first-order valence-corrected chi connectivity index (χ1v) is 6.19. The van der Waals surface area contributed by atoms with E-state index in [1.54, 1.807) is 0 Å². The number of hydrogen-bond acceptors (Lipinski definition) is 2. The maximum atomic E-state index is 5.87. The second-order valence-electron chi connectivity index (χ2n) is 4.99. The molecule has 1 unspecified atom stereocenters. The lowest BCUT2D eigenvalue weighted by atomic mass is 9.87. The number of hydrogen-bond donors (Lipinski definition) is 1. The van der Waals surface area contributed by atoms with E-state index in [0.717, 1.165) is 5.52 Å². The fourth-order valence-electron chi connectivity index (χ4n) is 2.33. The van der Waals surface area contributed by atoms with Gasteiger partial charge in [-0.25, -0.2) is 0 Å². The molecule has 2 aromatic rings. The Kier molecular flexibility index (Phi) is 3.43. The number of benzene rings is 1. The van der Waals surface area contributed by atoms with E-state index in [9.17, 15) is 0 Å². The van der Waals surface area contributed by atoms with Crippen LogP contribution in [-0.4, -0.2) is 11.5 Å². The van der Waals surface area contributed by atoms with Crippen molar-refractivity contribution in [1.82, 2.24) is 4.98 Å². The SMILES string of the molecule is Cc1ccnc2ccc(C(CN)C(C)C)cc12. The van der Waals surface area contributed by atoms with Crippen LogP contribution in [0.5, 0.6) is 0 Å². The zero-order valence-corrected chi connectivity index (χ0v) is 10.8. The van der Waals surface area contributed by atoms with Gasteiger partial charge in [0.15, 0.2) is 0 Å². The number of nitrogens with zero attached hydrogens (tertiary/aromatic N) is 1. The van der Waals surface area contributed by atoms with Gasteiger partial charge < -0.3 is 5.73 Å². The van der Waals surface area contributed by atoms with Gasteiger partial charge in [0.1, 0.15) is 0 Å². The molecule has 0 aliphatic heterocycles. The van der Waals surface area contributed by atoms with Gasteiger partial charge in [-0.2, -0.15) is 0 Å². The van der Waals surface area contributed by atoms with Gasteiger partial charge in [0.2, 0.25) is 0 Å². The monoisotopic (exact) mass is 228 g/mol. The molecule has 0 saturated carbocycles. The quantitative estimate of drug-likeness (QED) is 0.876. The smallest absolute Gasteiger partial charge is 0.0704 e. The Balaban J connectivity index is 2.53. The molecule has 0 aliphatic carbocycles. The summed E-state index contributed by atoms with van der Waals surface area (Å²) in [7, 11) is 0. The second kappa shape index (κ2) is 4.84. The number of nitrogens with two attached hydrogens (primary N) is 1. The summed E-state index contributed by atoms with van der Waals surface area (Å²) in [6.45, 7) is 7.26. The summed E-state index contributed by atoms with van der Waals surface area (Å²) in [5, 5.41) is 1.24. The molecule has 1 atom stereocenters. The van der Waals surface area contributed by atoms with Crippen molar-refractivity contribution < 1.29 is 0 Å². The predicted molar refractivity (Wildman–Crippen MR) is 73.1 cm³/mol. The Hall–Kier alpha value is -1.41. The summed E-state index contributed by atoms with van der Waals surface area (Å²) in [6.07, 6.45) is 1.86. The molecule has 2 rings (SSSR count). The highest BCUT2D eigenvalue weighted by Crippen LogP contribution is 2.27. The topological polar surface area (TPSA) is 38.9 Å². The summed E-state index contributed by atoms with van der Waals surface area (Å²) in [5.74, 6) is 0.994. The molecule has 2 nitrogen and oxygen atoms in total. The number of aryl methyl sites for hydroxylation is 1. The Morgan fingerprint density at radius 2 is 2.00 bits per heavy atom. The molecule has 0 fully saturated rings. The average molecular weight is 228 g/mol. The Bertz CT molecular complexity index is 517. The first kappa shape index (κ1) is 12.1. The van der Waals surface area contributed by atoms with Crippen molar-refractivity contribution in [2.45, 2.75) is 26.7 Å². The van der Waals surface area contributed by atoms with Gasteiger partial charge in [0, 0.05) is 11.6 Å². The molecule has 0 amide bonds. The molecular formula is C15H20N2. The minimum atomic E-state index is 0.430. The van der Waals surface area contributed by atoms with Crippen LogP contribution in [0.4, 0.5) is 0 Å². The molecule has 90 valence electrons. The van der Waals surface area contributed by atoms with Crippen LogP contribution >= 0.6 is 0 Å². The molecule has 1 heterocycles. The molecule has 0 bridgehead atoms. The van der Waals surface area contributed by atoms with E-state index in [4.69, 9.17) is 5.73 Å². The molecule has 1 aromatic heterocycles. The van der Waals surface area contributed by atoms with Crippen LogP contribution < -0.4 is 5.73 Å². The molecule has 0 saturated heterocycles. The van der Waals surface area contributed by atoms with Crippen LogP contribution in [0.3, 0.4) is 0 Å². The van der Waals surface area contributed by atoms with Crippen LogP contribution in [0.25, 0.3) is 10.9 Å². The van der Waals surface area contributed by atoms with Gasteiger partial charge in [0.25, 0.3) is 0 Å². The fraction of sp³-hybridized carbons (Fsp3) is 0.400. The summed E-state index contributed by atoms with van der Waals surface area (Å²) in [5.41, 5.74) is 9.53. The lowest BCUT2D eigenvalue weighted by Gasteiger charge is -2.19. The van der Waals surface area contributed by atoms with Crippen LogP contribution in [0.1, 0.15) is 30.9 Å². The molecule has 0 spiro atoms. The largest absolute Gasteiger partial charge is 0.330 e. The fourth-order valence-corrected chi connectivity index (χ4v) is 2.33. The highest BCUT2D eigenvalue weighted by molar-refractivity contribution is 5.82. The van der Waals surface area contributed by atoms with Gasteiger partial charge in [-0.15, -0.1) is 0 Å². The summed E-state index contributed by atoms with van der Waals surface area (Å²) in [6, 6.07) is 8.56. The number of aromatic nitrogens is 1. The Morgan fingerprint density at radius 1 is 1.24 bits per heavy atom. The first-order chi connectivity index (χ1) is 8.13. The van der Waals surface area contributed by atoms with Crippen molar-refractivity contribution in [2.75, 3.05) is 6.54 Å². The molecule has 0 aliphatic rings. The van der Waals surface area contributed by atoms with E-state index >= 15 is 0 Å². The summed E-state index contributed by atoms with van der Waals surface area (Å²) < 4.78 is 0. The van der Waals surface area contributed by atoms with Gasteiger partial charge >= 0.3 is 0 Å². The lowest BCUT2D eigenvalue weighted by Crippen LogP contribution is -2.17. The van der Waals surface area contributed by atoms with E-state index in [0.29, 0.717) is 18.4 Å². The molecule has 2 N–H and O–H groups in total. The van der Waals surface area contributed by atoms with Crippen molar-refractivity contribution in [2.24, 2.45) is 11.7 Å². The number of fused-ring (bicyclic) bond motifs is 1. The van der Waals surface area contributed by atoms with Gasteiger partial charge in [-0.3, -0.25) is 4.98 Å². The average Bonchev–Trinajstić information content (AvgIpc) is 2.30. The van der Waals surface area contributed by atoms with Crippen molar-refractivity contribution >= 4 is 10.9 Å². The second-order valence-corrected chi connectivity index (χ2v) is 4.99. The summed E-state index contributed by atoms with van der Waals surface area (Å²) in [4.78, 5) is 4.38. The molecule has 1 aromatic carbocycles. The van der Waals surface area contributed by atoms with Crippen molar-refractivity contribution in [3.63, 3.8) is 0 Å². The van der Waals surface area contributed by atoms with Gasteiger partial charge in [-0.1, -0.05) is 19.9 Å². The van der Waals surface area contributed by atoms with E-state index in [2.05, 4.69) is 50.0 Å². The third-order valence-corrected chi connectivity index (χ3v) is 3.47. The van der Waals surface area contributed by atoms with Crippen LogP contribution in [0.2, 0.25) is 0 Å². The highest BCUT2D eigenvalue weighted by atomic mass is 14.6. The molecular weight excluding hydrogens is 208 g/mol. The van der Waals surface area contributed by atoms with Crippen molar-refractivity contribution in [3.8, 4) is 0 Å². The standard InChI is InChI=1S/C15H20N2/c1-10(2)14(9-16)12-4-5-15-13(8-12)11(3)6-7-17-15/h4-8,10,14H,9,16H2,1-3H3. The third-order valence-electron chi connectivity index (χ3n) is 3.47. The maximum absolute atomic E-state index is 5.87. The number of rotatable bonds is 3. The Morgan fingerprint density at radius 3 is 2.65 bits per heavy atom. The van der Waals surface area contributed by atoms with E-state index in [1.165, 1.54) is 16.5 Å². The summed E-state index contributed by atoms with van der Waals surface area (Å²) >= 11 is 0. The van der Waals surface area contributed by atoms with Crippen LogP contribution in [0, 0.1) is 12.8 Å². The minimum absolute atomic E-state index is 0.430. The van der Waals surface area contributed by atoms with Crippen LogP contribution in [-0.2, 0) is 0 Å². The number of pyridine rings is 1. The normalized spacial score (nSPS) is 13.2. The zero-order valence-electron chi connectivity index (χ0n) is 10.8. The van der Waals surface area contributed by atoms with Crippen molar-refractivity contribution in [3.05, 3.63) is 41.6 Å². The first-order valence-electron chi connectivity index (χ1n) is 6.19. The predicted octanol–water partition coefficient (Wildman–Crippen LogP) is 3.24. The zero-order chi connectivity index (χ0) is 12.4. The molecule has 0 radical (unpaired) electrons.